The molecule has 0 aliphatic carbocycles. The van der Waals surface area contributed by atoms with E-state index in [1.165, 1.54) is 5.56 Å². The lowest BCUT2D eigenvalue weighted by atomic mass is 10.1. The number of thioether (sulfide) groups is 1. The molecule has 3 rings (SSSR count). The van der Waals surface area contributed by atoms with Gasteiger partial charge in [-0.15, -0.1) is 0 Å². The molecule has 0 saturated heterocycles. The zero-order valence-corrected chi connectivity index (χ0v) is 15.9. The largest absolute Gasteiger partial charge is 0.497 e. The van der Waals surface area contributed by atoms with Gasteiger partial charge in [-0.3, -0.25) is 4.79 Å². The molecule has 1 N–H and O–H groups in total. The van der Waals surface area contributed by atoms with E-state index in [9.17, 15) is 4.79 Å². The Hall–Kier alpha value is -2.47. The van der Waals surface area contributed by atoms with Gasteiger partial charge in [0.2, 0.25) is 5.91 Å². The predicted molar refractivity (Wildman–Crippen MR) is 107 cm³/mol. The monoisotopic (exact) mass is 369 g/mol. The van der Waals surface area contributed by atoms with Crippen molar-refractivity contribution in [3.63, 3.8) is 0 Å². The minimum Gasteiger partial charge on any atom is -0.497 e. The molecule has 0 unspecified atom stereocenters. The highest BCUT2D eigenvalue weighted by atomic mass is 32.2. The van der Waals surface area contributed by atoms with Crippen LogP contribution >= 0.6 is 11.8 Å². The SMILES string of the molecule is COc1ccc(CCNC(=O)Cn2c(CSC)nc3ccccc32)cc1. The van der Waals surface area contributed by atoms with Crippen LogP contribution in [0.1, 0.15) is 11.4 Å². The average molecular weight is 369 g/mol. The molecule has 0 spiro atoms. The summed E-state index contributed by atoms with van der Waals surface area (Å²) in [4.78, 5) is 17.1. The Morgan fingerprint density at radius 1 is 1.19 bits per heavy atom. The van der Waals surface area contributed by atoms with E-state index in [-0.39, 0.29) is 5.91 Å². The van der Waals surface area contributed by atoms with E-state index < -0.39 is 0 Å². The second-order valence-corrected chi connectivity index (χ2v) is 6.85. The van der Waals surface area contributed by atoms with E-state index >= 15 is 0 Å². The van der Waals surface area contributed by atoms with Crippen molar-refractivity contribution in [3.05, 3.63) is 59.9 Å². The van der Waals surface area contributed by atoms with Gasteiger partial charge in [-0.1, -0.05) is 24.3 Å². The molecule has 0 radical (unpaired) electrons. The number of para-hydroxylation sites is 2. The van der Waals surface area contributed by atoms with Crippen LogP contribution in [0.5, 0.6) is 5.75 Å². The predicted octanol–water partition coefficient (Wildman–Crippen LogP) is 3.27. The fourth-order valence-corrected chi connectivity index (χ4v) is 3.36. The maximum absolute atomic E-state index is 12.4. The highest BCUT2D eigenvalue weighted by Gasteiger charge is 2.12. The summed E-state index contributed by atoms with van der Waals surface area (Å²) in [6.07, 6.45) is 2.83. The molecule has 3 aromatic rings. The van der Waals surface area contributed by atoms with Crippen molar-refractivity contribution in [1.29, 1.82) is 0 Å². The van der Waals surface area contributed by atoms with E-state index in [0.717, 1.165) is 34.8 Å². The highest BCUT2D eigenvalue weighted by molar-refractivity contribution is 7.97. The van der Waals surface area contributed by atoms with Crippen LogP contribution < -0.4 is 10.1 Å². The summed E-state index contributed by atoms with van der Waals surface area (Å²) >= 11 is 1.70. The number of carbonyl (C=O) groups excluding carboxylic acids is 1. The second kappa shape index (κ2) is 8.76. The Morgan fingerprint density at radius 3 is 2.69 bits per heavy atom. The van der Waals surface area contributed by atoms with Crippen molar-refractivity contribution in [2.24, 2.45) is 0 Å². The maximum atomic E-state index is 12.4. The van der Waals surface area contributed by atoms with E-state index in [0.29, 0.717) is 13.1 Å². The molecule has 0 aliphatic heterocycles. The number of hydrogen-bond donors (Lipinski definition) is 1. The lowest BCUT2D eigenvalue weighted by Crippen LogP contribution is -2.29. The number of aromatic nitrogens is 2. The summed E-state index contributed by atoms with van der Waals surface area (Å²) < 4.78 is 7.17. The molecule has 1 heterocycles. The van der Waals surface area contributed by atoms with Crippen molar-refractivity contribution < 1.29 is 9.53 Å². The number of nitrogens with one attached hydrogen (secondary N) is 1. The van der Waals surface area contributed by atoms with E-state index in [2.05, 4.69) is 10.3 Å². The third-order valence-corrected chi connectivity index (χ3v) is 4.75. The van der Waals surface area contributed by atoms with Gasteiger partial charge < -0.3 is 14.6 Å². The number of amides is 1. The standard InChI is InChI=1S/C20H23N3O2S/c1-25-16-9-7-15(8-10-16)11-12-21-20(24)13-23-18-6-4-3-5-17(18)22-19(23)14-26-2/h3-10H,11-14H2,1-2H3,(H,21,24). The van der Waals surface area contributed by atoms with E-state index in [1.54, 1.807) is 18.9 Å². The van der Waals surface area contributed by atoms with Crippen molar-refractivity contribution in [2.45, 2.75) is 18.7 Å². The Bertz CT molecular complexity index is 874. The Morgan fingerprint density at radius 2 is 1.96 bits per heavy atom. The fraction of sp³-hybridized carbons (Fsp3) is 0.300. The number of rotatable bonds is 8. The minimum absolute atomic E-state index is 0.00372. The molecule has 6 heteroatoms. The molecule has 136 valence electrons. The summed E-state index contributed by atoms with van der Waals surface area (Å²) in [5, 5.41) is 3.01. The summed E-state index contributed by atoms with van der Waals surface area (Å²) in [5.41, 5.74) is 3.10. The molecular weight excluding hydrogens is 346 g/mol. The average Bonchev–Trinajstić information content (AvgIpc) is 3.00. The zero-order chi connectivity index (χ0) is 18.4. The maximum Gasteiger partial charge on any atom is 0.240 e. The first-order valence-corrected chi connectivity index (χ1v) is 9.93. The normalized spacial score (nSPS) is 10.8. The van der Waals surface area contributed by atoms with Crippen molar-refractivity contribution in [2.75, 3.05) is 19.9 Å². The molecule has 0 atom stereocenters. The van der Waals surface area contributed by atoms with Crippen LogP contribution in [0.15, 0.2) is 48.5 Å². The molecule has 0 bridgehead atoms. The lowest BCUT2D eigenvalue weighted by Gasteiger charge is -2.10. The fourth-order valence-electron chi connectivity index (χ4n) is 2.88. The lowest BCUT2D eigenvalue weighted by molar-refractivity contribution is -0.121. The topological polar surface area (TPSA) is 56.1 Å². The Kier molecular flexibility index (Phi) is 6.17. The van der Waals surface area contributed by atoms with Crippen LogP contribution in [0.3, 0.4) is 0 Å². The number of nitrogens with zero attached hydrogens (tertiary/aromatic N) is 2. The molecule has 2 aromatic carbocycles. The number of imidazole rings is 1. The third kappa shape index (κ3) is 4.38. The molecule has 1 amide bonds. The van der Waals surface area contributed by atoms with Gasteiger partial charge in [-0.05, 0) is 42.5 Å². The van der Waals surface area contributed by atoms with Gasteiger partial charge in [0.1, 0.15) is 18.1 Å². The van der Waals surface area contributed by atoms with Gasteiger partial charge in [0.25, 0.3) is 0 Å². The smallest absolute Gasteiger partial charge is 0.240 e. The van der Waals surface area contributed by atoms with Crippen molar-refractivity contribution in [3.8, 4) is 5.75 Å². The summed E-state index contributed by atoms with van der Waals surface area (Å²) in [6, 6.07) is 15.8. The molecule has 26 heavy (non-hydrogen) atoms. The third-order valence-electron chi connectivity index (χ3n) is 4.20. The molecule has 0 saturated carbocycles. The number of fused-ring (bicyclic) bond motifs is 1. The van der Waals surface area contributed by atoms with Crippen LogP contribution in [0, 0.1) is 0 Å². The van der Waals surface area contributed by atoms with Crippen LogP contribution in [0.25, 0.3) is 11.0 Å². The molecule has 0 aliphatic rings. The van der Waals surface area contributed by atoms with Crippen LogP contribution in [0.2, 0.25) is 0 Å². The number of carbonyl (C=O) groups is 1. The second-order valence-electron chi connectivity index (χ2n) is 5.98. The summed E-state index contributed by atoms with van der Waals surface area (Å²) in [7, 11) is 1.65. The van der Waals surface area contributed by atoms with Gasteiger partial charge in [0, 0.05) is 6.54 Å². The van der Waals surface area contributed by atoms with Crippen LogP contribution in [0.4, 0.5) is 0 Å². The Labute approximate surface area is 157 Å². The van der Waals surface area contributed by atoms with Crippen LogP contribution in [-0.2, 0) is 23.5 Å². The zero-order valence-electron chi connectivity index (χ0n) is 15.1. The number of hydrogen-bond acceptors (Lipinski definition) is 4. The first-order chi connectivity index (χ1) is 12.7. The van der Waals surface area contributed by atoms with Gasteiger partial charge in [-0.25, -0.2) is 4.98 Å². The van der Waals surface area contributed by atoms with E-state index in [4.69, 9.17) is 4.74 Å². The summed E-state index contributed by atoms with van der Waals surface area (Å²) in [5.74, 6) is 2.56. The van der Waals surface area contributed by atoms with Gasteiger partial charge >= 0.3 is 0 Å². The number of ether oxygens (including phenoxy) is 1. The van der Waals surface area contributed by atoms with Crippen molar-refractivity contribution >= 4 is 28.7 Å². The molecular formula is C20H23N3O2S. The van der Waals surface area contributed by atoms with Gasteiger partial charge in [0.05, 0.1) is 23.9 Å². The van der Waals surface area contributed by atoms with E-state index in [1.807, 2.05) is 59.4 Å². The highest BCUT2D eigenvalue weighted by Crippen LogP contribution is 2.18. The Balaban J connectivity index is 1.60. The van der Waals surface area contributed by atoms with Crippen molar-refractivity contribution in [1.82, 2.24) is 14.9 Å². The van der Waals surface area contributed by atoms with Gasteiger partial charge in [-0.2, -0.15) is 11.8 Å². The van der Waals surface area contributed by atoms with Crippen LogP contribution in [-0.4, -0.2) is 35.4 Å². The minimum atomic E-state index is 0.00372. The van der Waals surface area contributed by atoms with Gasteiger partial charge in [0.15, 0.2) is 0 Å². The molecule has 0 fully saturated rings. The summed E-state index contributed by atoms with van der Waals surface area (Å²) in [6.45, 7) is 0.897. The molecule has 1 aromatic heterocycles. The number of benzene rings is 2. The first kappa shape index (κ1) is 18.3. The quantitative estimate of drug-likeness (QED) is 0.662. The molecule has 5 nitrogen and oxygen atoms in total. The first-order valence-electron chi connectivity index (χ1n) is 8.54. The number of methoxy groups -OCH3 is 1.